The molecule has 0 aliphatic carbocycles. The molecule has 1 aromatic rings. The second kappa shape index (κ2) is 6.00. The van der Waals surface area contributed by atoms with Gasteiger partial charge >= 0.3 is 5.97 Å². The van der Waals surface area contributed by atoms with E-state index in [0.29, 0.717) is 6.07 Å². The molecule has 0 aliphatic rings. The summed E-state index contributed by atoms with van der Waals surface area (Å²) in [6, 6.07) is 1.97. The van der Waals surface area contributed by atoms with Crippen LogP contribution in [0.1, 0.15) is 30.3 Å². The molecule has 1 heterocycles. The van der Waals surface area contributed by atoms with Crippen LogP contribution in [0.2, 0.25) is 0 Å². The van der Waals surface area contributed by atoms with E-state index in [9.17, 15) is 18.0 Å². The van der Waals surface area contributed by atoms with E-state index in [0.717, 1.165) is 0 Å². The molecule has 96 valence electrons. The maximum absolute atomic E-state index is 13.4. The van der Waals surface area contributed by atoms with Crippen LogP contribution < -0.4 is 0 Å². The molecule has 7 heteroatoms. The van der Waals surface area contributed by atoms with E-state index >= 15 is 0 Å². The number of rotatable bonds is 4. The van der Waals surface area contributed by atoms with Crippen LogP contribution in [0.15, 0.2) is 6.07 Å². The van der Waals surface area contributed by atoms with Gasteiger partial charge in [-0.1, -0.05) is 0 Å². The molecule has 1 aromatic heterocycles. The second-order valence-corrected chi connectivity index (χ2v) is 3.24. The fourth-order valence-corrected chi connectivity index (χ4v) is 1.29. The zero-order chi connectivity index (χ0) is 13.7. The van der Waals surface area contributed by atoms with Gasteiger partial charge in [0.2, 0.25) is 0 Å². The zero-order valence-electron chi connectivity index (χ0n) is 9.41. The third-order valence-electron chi connectivity index (χ3n) is 2.02. The Morgan fingerprint density at radius 1 is 1.61 bits per heavy atom. The fraction of sp³-hybridized carbons (Fsp3) is 0.364. The molecule has 0 bridgehead atoms. The minimum Gasteiger partial charge on any atom is -0.466 e. The van der Waals surface area contributed by atoms with E-state index < -0.39 is 35.9 Å². The van der Waals surface area contributed by atoms with Gasteiger partial charge in [0.25, 0.3) is 6.43 Å². The molecule has 1 rings (SSSR count). The van der Waals surface area contributed by atoms with Gasteiger partial charge in [-0.05, 0) is 6.92 Å². The van der Waals surface area contributed by atoms with Crippen LogP contribution in [-0.2, 0) is 16.0 Å². The number of carbonyl (C=O) groups is 1. The Labute approximate surface area is 101 Å². The molecule has 0 atom stereocenters. The number of ether oxygens (including phenoxy) is 1. The lowest BCUT2D eigenvalue weighted by atomic mass is 10.1. The Bertz CT molecular complexity index is 498. The van der Waals surface area contributed by atoms with E-state index in [1.807, 2.05) is 0 Å². The molecule has 0 aromatic carbocycles. The molecular weight excluding hydrogens is 249 g/mol. The van der Waals surface area contributed by atoms with E-state index in [1.165, 1.54) is 6.07 Å². The predicted octanol–water partition coefficient (Wildman–Crippen LogP) is 2.14. The Morgan fingerprint density at radius 2 is 2.28 bits per heavy atom. The van der Waals surface area contributed by atoms with E-state index in [4.69, 9.17) is 5.26 Å². The number of hydrogen-bond acceptors (Lipinski definition) is 4. The maximum Gasteiger partial charge on any atom is 0.311 e. The predicted molar refractivity (Wildman–Crippen MR) is 54.2 cm³/mol. The Balaban J connectivity index is 3.15. The van der Waals surface area contributed by atoms with Crippen molar-refractivity contribution < 1.29 is 22.7 Å². The molecule has 0 aliphatic heterocycles. The van der Waals surface area contributed by atoms with Gasteiger partial charge in [-0.2, -0.15) is 5.26 Å². The number of hydrogen-bond donors (Lipinski definition) is 0. The molecule has 0 N–H and O–H groups in total. The highest BCUT2D eigenvalue weighted by atomic mass is 19.3. The lowest BCUT2D eigenvalue weighted by Crippen LogP contribution is -2.12. The first-order valence-electron chi connectivity index (χ1n) is 5.02. The van der Waals surface area contributed by atoms with Gasteiger partial charge in [-0.15, -0.1) is 0 Å². The highest BCUT2D eigenvalue weighted by Gasteiger charge is 2.19. The fourth-order valence-electron chi connectivity index (χ4n) is 1.29. The van der Waals surface area contributed by atoms with Crippen molar-refractivity contribution in [3.63, 3.8) is 0 Å². The molecule has 0 fully saturated rings. The van der Waals surface area contributed by atoms with Crippen LogP contribution in [0.3, 0.4) is 0 Å². The third kappa shape index (κ3) is 3.20. The second-order valence-electron chi connectivity index (χ2n) is 3.24. The van der Waals surface area contributed by atoms with Crippen LogP contribution in [-0.4, -0.2) is 17.6 Å². The van der Waals surface area contributed by atoms with Gasteiger partial charge in [-0.25, -0.2) is 18.2 Å². The number of carbonyl (C=O) groups excluding carboxylic acids is 1. The summed E-state index contributed by atoms with van der Waals surface area (Å²) < 4.78 is 42.8. The number of nitriles is 1. The Morgan fingerprint density at radius 3 is 2.78 bits per heavy atom. The maximum atomic E-state index is 13.4. The first kappa shape index (κ1) is 14.0. The summed E-state index contributed by atoms with van der Waals surface area (Å²) in [5, 5.41) is 8.70. The van der Waals surface area contributed by atoms with Crippen molar-refractivity contribution in [1.82, 2.24) is 4.98 Å². The normalized spacial score (nSPS) is 10.2. The van der Waals surface area contributed by atoms with Gasteiger partial charge in [0, 0.05) is 6.07 Å². The monoisotopic (exact) mass is 258 g/mol. The lowest BCUT2D eigenvalue weighted by Gasteiger charge is -2.07. The molecule has 4 nitrogen and oxygen atoms in total. The van der Waals surface area contributed by atoms with Crippen LogP contribution in [0.5, 0.6) is 0 Å². The molecule has 0 unspecified atom stereocenters. The van der Waals surface area contributed by atoms with Crippen molar-refractivity contribution in [2.45, 2.75) is 19.8 Å². The van der Waals surface area contributed by atoms with E-state index in [2.05, 4.69) is 9.72 Å². The van der Waals surface area contributed by atoms with Crippen molar-refractivity contribution in [2.24, 2.45) is 0 Å². The summed E-state index contributed by atoms with van der Waals surface area (Å²) in [6.45, 7) is 1.66. The summed E-state index contributed by atoms with van der Waals surface area (Å²) in [4.78, 5) is 14.6. The number of esters is 1. The number of pyridine rings is 1. The smallest absolute Gasteiger partial charge is 0.311 e. The SMILES string of the molecule is CCOC(=O)Cc1nc(C(F)F)cc(F)c1C#N. The van der Waals surface area contributed by atoms with Crippen molar-refractivity contribution in [2.75, 3.05) is 6.61 Å². The first-order valence-corrected chi connectivity index (χ1v) is 5.02. The van der Waals surface area contributed by atoms with Gasteiger partial charge < -0.3 is 4.74 Å². The van der Waals surface area contributed by atoms with Crippen LogP contribution in [0.4, 0.5) is 13.2 Å². The van der Waals surface area contributed by atoms with Gasteiger partial charge in [0.1, 0.15) is 23.1 Å². The number of aromatic nitrogens is 1. The van der Waals surface area contributed by atoms with Crippen LogP contribution in [0, 0.1) is 17.1 Å². The first-order chi connectivity index (χ1) is 8.49. The Kier molecular flexibility index (Phi) is 4.66. The van der Waals surface area contributed by atoms with Crippen LogP contribution >= 0.6 is 0 Å². The summed E-state index contributed by atoms with van der Waals surface area (Å²) >= 11 is 0. The van der Waals surface area contributed by atoms with Crippen molar-refractivity contribution in [3.8, 4) is 6.07 Å². The minimum atomic E-state index is -2.98. The summed E-state index contributed by atoms with van der Waals surface area (Å²) in [5.41, 5.74) is -1.68. The molecule has 0 saturated heterocycles. The average Bonchev–Trinajstić information content (AvgIpc) is 2.28. The largest absolute Gasteiger partial charge is 0.466 e. The van der Waals surface area contributed by atoms with Gasteiger partial charge in [0.05, 0.1) is 18.7 Å². The quantitative estimate of drug-likeness (QED) is 0.776. The summed E-state index contributed by atoms with van der Waals surface area (Å²) in [5.74, 6) is -1.88. The van der Waals surface area contributed by atoms with Crippen molar-refractivity contribution >= 4 is 5.97 Å². The molecule has 0 spiro atoms. The highest BCUT2D eigenvalue weighted by Crippen LogP contribution is 2.21. The summed E-state index contributed by atoms with van der Waals surface area (Å²) in [7, 11) is 0. The van der Waals surface area contributed by atoms with Crippen molar-refractivity contribution in [3.05, 3.63) is 28.8 Å². The standard InChI is InChI=1S/C11H9F3N2O2/c1-2-18-10(17)4-8-6(5-15)7(12)3-9(16-8)11(13)14/h3,11H,2,4H2,1H3. The third-order valence-corrected chi connectivity index (χ3v) is 2.02. The molecule has 0 amide bonds. The molecule has 0 radical (unpaired) electrons. The topological polar surface area (TPSA) is 63.0 Å². The van der Waals surface area contributed by atoms with Crippen LogP contribution in [0.25, 0.3) is 0 Å². The van der Waals surface area contributed by atoms with Crippen molar-refractivity contribution in [1.29, 1.82) is 5.26 Å². The minimum absolute atomic E-state index is 0.0950. The Hall–Kier alpha value is -2.10. The molecule has 0 saturated carbocycles. The van der Waals surface area contributed by atoms with E-state index in [1.54, 1.807) is 6.92 Å². The highest BCUT2D eigenvalue weighted by molar-refractivity contribution is 5.72. The van der Waals surface area contributed by atoms with E-state index in [-0.39, 0.29) is 12.3 Å². The number of alkyl halides is 2. The van der Waals surface area contributed by atoms with Gasteiger partial charge in [-0.3, -0.25) is 4.79 Å². The molecular formula is C11H9F3N2O2. The average molecular weight is 258 g/mol. The number of nitrogens with zero attached hydrogens (tertiary/aromatic N) is 2. The summed E-state index contributed by atoms with van der Waals surface area (Å²) in [6.07, 6.45) is -3.50. The van der Waals surface area contributed by atoms with Gasteiger partial charge in [0.15, 0.2) is 0 Å². The lowest BCUT2D eigenvalue weighted by molar-refractivity contribution is -0.142. The number of halogens is 3. The molecule has 18 heavy (non-hydrogen) atoms. The zero-order valence-corrected chi connectivity index (χ0v) is 9.41.